The third kappa shape index (κ3) is 5.08. The summed E-state index contributed by atoms with van der Waals surface area (Å²) in [6.07, 6.45) is -1.77. The van der Waals surface area contributed by atoms with Crippen LogP contribution in [0.25, 0.3) is 0 Å². The Morgan fingerprint density at radius 3 is 2.58 bits per heavy atom. The molecule has 0 radical (unpaired) electrons. The van der Waals surface area contributed by atoms with E-state index >= 15 is 0 Å². The van der Waals surface area contributed by atoms with Gasteiger partial charge in [-0.1, -0.05) is 12.1 Å². The normalized spacial score (nSPS) is 12.0. The fraction of sp³-hybridized carbons (Fsp3) is 0.286. The Hall–Kier alpha value is -2.36. The molecule has 6 nitrogen and oxygen atoms in total. The van der Waals surface area contributed by atoms with Crippen LogP contribution in [0.1, 0.15) is 11.5 Å². The van der Waals surface area contributed by atoms with Crippen LogP contribution in [0.3, 0.4) is 0 Å². The summed E-state index contributed by atoms with van der Waals surface area (Å²) in [7, 11) is -2.40. The molecule has 2 aromatic rings. The lowest BCUT2D eigenvalue weighted by Crippen LogP contribution is -2.20. The molecule has 0 atom stereocenters. The van der Waals surface area contributed by atoms with Crippen molar-refractivity contribution in [2.75, 3.05) is 17.8 Å². The first-order chi connectivity index (χ1) is 11.0. The zero-order valence-electron chi connectivity index (χ0n) is 12.8. The van der Waals surface area contributed by atoms with Crippen molar-refractivity contribution in [1.82, 2.24) is 9.97 Å². The number of nitrogens with zero attached hydrogens (tertiary/aromatic N) is 2. The second-order valence-electron chi connectivity index (χ2n) is 5.22. The molecule has 2 rings (SSSR count). The van der Waals surface area contributed by atoms with Crippen LogP contribution in [0.2, 0.25) is 0 Å². The quantitative estimate of drug-likeness (QED) is 0.878. The average molecular weight is 360 g/mol. The number of rotatable bonds is 4. The minimum atomic E-state index is -4.70. The molecule has 10 heteroatoms. The Labute approximate surface area is 136 Å². The number of hydrogen-bond acceptors (Lipinski definition) is 5. The van der Waals surface area contributed by atoms with Crippen molar-refractivity contribution in [1.29, 1.82) is 0 Å². The molecule has 0 amide bonds. The van der Waals surface area contributed by atoms with E-state index in [2.05, 4.69) is 19.6 Å². The first-order valence-corrected chi connectivity index (χ1v) is 9.05. The molecule has 0 fully saturated rings. The molecular formula is C14H15F3N4O2S. The Balaban J connectivity index is 2.29. The van der Waals surface area contributed by atoms with Gasteiger partial charge in [0, 0.05) is 28.3 Å². The van der Waals surface area contributed by atoms with Crippen LogP contribution in [0.4, 0.5) is 24.5 Å². The summed E-state index contributed by atoms with van der Waals surface area (Å²) in [6.45, 7) is -0.152. The summed E-state index contributed by atoms with van der Waals surface area (Å²) in [6, 6.07) is 7.04. The topological polar surface area (TPSA) is 87.2 Å². The number of anilines is 1. The number of hydrogen-bond donors (Lipinski definition) is 2. The van der Waals surface area contributed by atoms with E-state index in [1.807, 2.05) is 0 Å². The van der Waals surface area contributed by atoms with Crippen LogP contribution < -0.4 is 10.9 Å². The van der Waals surface area contributed by atoms with Gasteiger partial charge in [-0.3, -0.25) is 4.79 Å². The van der Waals surface area contributed by atoms with E-state index in [0.717, 1.165) is 0 Å². The number of alkyl halides is 3. The zero-order valence-corrected chi connectivity index (χ0v) is 13.7. The lowest BCUT2D eigenvalue weighted by atomic mass is 10.2. The molecule has 0 spiro atoms. The van der Waals surface area contributed by atoms with Crippen molar-refractivity contribution in [2.45, 2.75) is 12.7 Å². The van der Waals surface area contributed by atoms with Crippen LogP contribution in [0, 0.1) is 0 Å². The summed E-state index contributed by atoms with van der Waals surface area (Å²) in [4.78, 5) is 17.0. The summed E-state index contributed by atoms with van der Waals surface area (Å²) < 4.78 is 53.9. The summed E-state index contributed by atoms with van der Waals surface area (Å²) in [5, 5.41) is 2.84. The zero-order chi connectivity index (χ0) is 18.0. The third-order valence-electron chi connectivity index (χ3n) is 2.75. The van der Waals surface area contributed by atoms with Gasteiger partial charge in [-0.25, -0.2) is 9.19 Å². The predicted molar refractivity (Wildman–Crippen MR) is 85.7 cm³/mol. The Kier molecular flexibility index (Phi) is 4.97. The standard InChI is InChI=1S/C14H15F3N4O2S/c1-24(2,23)21-10-6-4-3-5-9(10)18-8-12-19-11(14(15,16)17)7-13(22)20-12/h3-7,18H,8H2,1-2H3,(H,19,20,22). The van der Waals surface area contributed by atoms with E-state index in [9.17, 15) is 22.2 Å². The molecule has 1 aromatic carbocycles. The third-order valence-corrected chi connectivity index (χ3v) is 3.39. The van der Waals surface area contributed by atoms with Crippen LogP contribution in [0.5, 0.6) is 0 Å². The van der Waals surface area contributed by atoms with E-state index in [-0.39, 0.29) is 12.4 Å². The maximum atomic E-state index is 12.7. The highest BCUT2D eigenvalue weighted by molar-refractivity contribution is 7.92. The number of aromatic nitrogens is 2. The minimum absolute atomic E-state index is 0.152. The van der Waals surface area contributed by atoms with Gasteiger partial charge in [0.2, 0.25) is 0 Å². The van der Waals surface area contributed by atoms with Crippen LogP contribution in [0.15, 0.2) is 39.5 Å². The number of benzene rings is 1. The van der Waals surface area contributed by atoms with Gasteiger partial charge in [-0.15, -0.1) is 0 Å². The highest BCUT2D eigenvalue weighted by Gasteiger charge is 2.33. The molecule has 1 aromatic heterocycles. The molecule has 0 saturated heterocycles. The van der Waals surface area contributed by atoms with Crippen molar-refractivity contribution in [3.8, 4) is 0 Å². The summed E-state index contributed by atoms with van der Waals surface area (Å²) in [5.74, 6) is -0.168. The molecule has 0 aliphatic carbocycles. The van der Waals surface area contributed by atoms with Crippen LogP contribution >= 0.6 is 0 Å². The number of halogens is 3. The van der Waals surface area contributed by atoms with Crippen molar-refractivity contribution < 1.29 is 17.4 Å². The van der Waals surface area contributed by atoms with Gasteiger partial charge in [0.15, 0.2) is 5.69 Å². The molecular weight excluding hydrogens is 345 g/mol. The SMILES string of the molecule is CS(C)(=O)=Nc1ccccc1NCc1nc(C(F)(F)F)cc(=O)[nH]1. The molecule has 0 unspecified atom stereocenters. The van der Waals surface area contributed by atoms with Gasteiger partial charge in [0.25, 0.3) is 5.56 Å². The van der Waals surface area contributed by atoms with E-state index in [0.29, 0.717) is 17.4 Å². The lowest BCUT2D eigenvalue weighted by molar-refractivity contribution is -0.141. The molecule has 0 saturated carbocycles. The monoisotopic (exact) mass is 360 g/mol. The maximum Gasteiger partial charge on any atom is 0.433 e. The lowest BCUT2D eigenvalue weighted by Gasteiger charge is -2.11. The first-order valence-electron chi connectivity index (χ1n) is 6.72. The largest absolute Gasteiger partial charge is 0.433 e. The van der Waals surface area contributed by atoms with Gasteiger partial charge in [-0.05, 0) is 12.1 Å². The highest BCUT2D eigenvalue weighted by Crippen LogP contribution is 2.27. The average Bonchev–Trinajstić information content (AvgIpc) is 2.43. The van der Waals surface area contributed by atoms with E-state index in [1.54, 1.807) is 24.3 Å². The molecule has 0 bridgehead atoms. The number of H-pyrrole nitrogens is 1. The van der Waals surface area contributed by atoms with E-state index < -0.39 is 27.2 Å². The smallest absolute Gasteiger partial charge is 0.376 e. The fourth-order valence-electron chi connectivity index (χ4n) is 1.86. The number of para-hydroxylation sites is 1. The van der Waals surface area contributed by atoms with E-state index in [4.69, 9.17) is 0 Å². The molecule has 2 N–H and O–H groups in total. The number of aromatic amines is 1. The molecule has 0 aliphatic rings. The maximum absolute atomic E-state index is 12.7. The van der Waals surface area contributed by atoms with Gasteiger partial charge in [0.05, 0.1) is 17.9 Å². The summed E-state index contributed by atoms with van der Waals surface area (Å²) in [5.41, 5.74) is -1.28. The van der Waals surface area contributed by atoms with Crippen LogP contribution in [-0.4, -0.2) is 26.7 Å². The molecule has 0 aliphatic heterocycles. The van der Waals surface area contributed by atoms with Crippen molar-refractivity contribution in [3.05, 3.63) is 52.2 Å². The second-order valence-corrected chi connectivity index (χ2v) is 7.76. The van der Waals surface area contributed by atoms with Crippen molar-refractivity contribution in [3.63, 3.8) is 0 Å². The predicted octanol–water partition coefficient (Wildman–Crippen LogP) is 2.76. The molecule has 24 heavy (non-hydrogen) atoms. The summed E-state index contributed by atoms with van der Waals surface area (Å²) >= 11 is 0. The van der Waals surface area contributed by atoms with Crippen molar-refractivity contribution >= 4 is 21.1 Å². The minimum Gasteiger partial charge on any atom is -0.376 e. The Morgan fingerprint density at radius 1 is 1.29 bits per heavy atom. The first kappa shape index (κ1) is 18.0. The highest BCUT2D eigenvalue weighted by atomic mass is 32.2. The van der Waals surface area contributed by atoms with Crippen molar-refractivity contribution in [2.24, 2.45) is 4.36 Å². The van der Waals surface area contributed by atoms with E-state index in [1.165, 1.54) is 12.5 Å². The fourth-order valence-corrected chi connectivity index (χ4v) is 2.49. The molecule has 130 valence electrons. The van der Waals surface area contributed by atoms with Crippen LogP contribution in [-0.2, 0) is 22.5 Å². The number of nitrogens with one attached hydrogen (secondary N) is 2. The van der Waals surface area contributed by atoms with Gasteiger partial charge in [0.1, 0.15) is 5.82 Å². The second kappa shape index (κ2) is 6.63. The Bertz CT molecular complexity index is 907. The van der Waals surface area contributed by atoms with Gasteiger partial charge in [-0.2, -0.15) is 17.5 Å². The molecule has 1 heterocycles. The van der Waals surface area contributed by atoms with Gasteiger partial charge < -0.3 is 10.3 Å². The van der Waals surface area contributed by atoms with Gasteiger partial charge >= 0.3 is 6.18 Å². The Morgan fingerprint density at radius 2 is 1.96 bits per heavy atom.